The van der Waals surface area contributed by atoms with Gasteiger partial charge in [-0.1, -0.05) is 0 Å². The Morgan fingerprint density at radius 2 is 1.27 bits per heavy atom. The summed E-state index contributed by atoms with van der Waals surface area (Å²) in [5, 5.41) is 35.7. The molecule has 1 fully saturated rings. The lowest BCUT2D eigenvalue weighted by Gasteiger charge is -2.21. The average molecular weight is 314 g/mol. The number of benzene rings is 1. The van der Waals surface area contributed by atoms with Crippen LogP contribution in [0.4, 0.5) is 0 Å². The topological polar surface area (TPSA) is 134 Å². The van der Waals surface area contributed by atoms with Crippen molar-refractivity contribution < 1.29 is 39.5 Å². The van der Waals surface area contributed by atoms with Crippen LogP contribution in [-0.2, 0) is 19.1 Å². The Hall–Kier alpha value is -2.32. The van der Waals surface area contributed by atoms with Gasteiger partial charge in [-0.05, 0) is 24.6 Å². The minimum absolute atomic E-state index is 0.104. The molecule has 22 heavy (non-hydrogen) atoms. The molecule has 1 aliphatic rings. The normalized spacial score (nSPS) is 23.5. The molecule has 4 N–H and O–H groups in total. The Labute approximate surface area is 126 Å². The molecule has 0 radical (unpaired) electrons. The predicted octanol–water partition coefficient (Wildman–Crippen LogP) is -0.0495. The number of aryl methyl sites for hydroxylation is 1. The molecule has 122 valence electrons. The van der Waals surface area contributed by atoms with Gasteiger partial charge in [-0.15, -0.1) is 0 Å². The molecule has 0 bridgehead atoms. The fourth-order valence-electron chi connectivity index (χ4n) is 1.63. The molecular formula is C14H18O8. The van der Waals surface area contributed by atoms with Gasteiger partial charge < -0.3 is 29.9 Å². The number of hydrogen-bond donors (Lipinski definition) is 4. The number of aromatic hydroxyl groups is 2. The van der Waals surface area contributed by atoms with E-state index >= 15 is 0 Å². The maximum absolute atomic E-state index is 10.9. The van der Waals surface area contributed by atoms with E-state index in [1.54, 1.807) is 19.1 Å². The minimum Gasteiger partial charge on any atom is -0.508 e. The molecule has 8 nitrogen and oxygen atoms in total. The average Bonchev–Trinajstić information content (AvgIpc) is 2.39. The SMILES string of the molecule is CC1(C)OC(=O)C(O)C(O)C(=O)O1.Cc1cc(O)cc(O)c1. The predicted molar refractivity (Wildman–Crippen MR) is 72.8 cm³/mol. The Balaban J connectivity index is 0.000000235. The Bertz CT molecular complexity index is 491. The number of ether oxygens (including phenoxy) is 2. The summed E-state index contributed by atoms with van der Waals surface area (Å²) in [6.45, 7) is 4.46. The smallest absolute Gasteiger partial charge is 0.341 e. The minimum atomic E-state index is -1.88. The van der Waals surface area contributed by atoms with Crippen LogP contribution in [0.3, 0.4) is 0 Å². The van der Waals surface area contributed by atoms with E-state index in [0.717, 1.165) is 5.56 Å². The number of carbonyl (C=O) groups excluding carboxylic acids is 2. The first-order valence-corrected chi connectivity index (χ1v) is 6.33. The molecule has 0 saturated carbocycles. The molecule has 0 aromatic heterocycles. The fraction of sp³-hybridized carbons (Fsp3) is 0.429. The Kier molecular flexibility index (Phi) is 5.34. The molecule has 0 amide bonds. The second-order valence-corrected chi connectivity index (χ2v) is 5.16. The van der Waals surface area contributed by atoms with Crippen LogP contribution in [0.1, 0.15) is 19.4 Å². The van der Waals surface area contributed by atoms with Crippen molar-refractivity contribution in [3.63, 3.8) is 0 Å². The number of carbonyl (C=O) groups is 2. The van der Waals surface area contributed by atoms with Gasteiger partial charge in [-0.2, -0.15) is 0 Å². The van der Waals surface area contributed by atoms with Crippen LogP contribution >= 0.6 is 0 Å². The van der Waals surface area contributed by atoms with Crippen molar-refractivity contribution in [3.05, 3.63) is 23.8 Å². The van der Waals surface area contributed by atoms with Gasteiger partial charge in [0, 0.05) is 19.9 Å². The van der Waals surface area contributed by atoms with Crippen LogP contribution in [0, 0.1) is 6.92 Å². The lowest BCUT2D eigenvalue weighted by molar-refractivity contribution is -0.211. The molecule has 1 aliphatic heterocycles. The van der Waals surface area contributed by atoms with E-state index in [-0.39, 0.29) is 11.5 Å². The molecule has 0 spiro atoms. The third-order valence-corrected chi connectivity index (χ3v) is 2.52. The van der Waals surface area contributed by atoms with Crippen molar-refractivity contribution in [2.75, 3.05) is 0 Å². The molecule has 1 saturated heterocycles. The zero-order valence-electron chi connectivity index (χ0n) is 12.3. The standard InChI is InChI=1S/C7H10O6.C7H8O2/c1-7(2)12-5(10)3(8)4(9)6(11)13-7;1-5-2-6(8)4-7(9)3-5/h3-4,8-9H,1-2H3;2-4,8-9H,1H3. The summed E-state index contributed by atoms with van der Waals surface area (Å²) in [4.78, 5) is 21.8. The summed E-state index contributed by atoms with van der Waals surface area (Å²) in [5.41, 5.74) is 0.854. The fourth-order valence-corrected chi connectivity index (χ4v) is 1.63. The van der Waals surface area contributed by atoms with Crippen LogP contribution < -0.4 is 0 Å². The van der Waals surface area contributed by atoms with E-state index in [2.05, 4.69) is 9.47 Å². The lowest BCUT2D eigenvalue weighted by atomic mass is 10.2. The van der Waals surface area contributed by atoms with Crippen molar-refractivity contribution in [1.82, 2.24) is 0 Å². The van der Waals surface area contributed by atoms with Crippen molar-refractivity contribution in [2.45, 2.75) is 38.8 Å². The second-order valence-electron chi connectivity index (χ2n) is 5.16. The number of rotatable bonds is 0. The van der Waals surface area contributed by atoms with Crippen LogP contribution in [0.2, 0.25) is 0 Å². The number of phenolic OH excluding ortho intramolecular Hbond substituents is 2. The molecule has 1 heterocycles. The highest BCUT2D eigenvalue weighted by Crippen LogP contribution is 2.19. The first kappa shape index (κ1) is 17.7. The summed E-state index contributed by atoms with van der Waals surface area (Å²) >= 11 is 0. The van der Waals surface area contributed by atoms with E-state index in [0.29, 0.717) is 0 Å². The maximum atomic E-state index is 10.9. The van der Waals surface area contributed by atoms with Crippen molar-refractivity contribution >= 4 is 11.9 Å². The number of esters is 2. The van der Waals surface area contributed by atoms with Gasteiger partial charge in [0.2, 0.25) is 0 Å². The van der Waals surface area contributed by atoms with Gasteiger partial charge in [0.25, 0.3) is 5.79 Å². The van der Waals surface area contributed by atoms with E-state index in [1.807, 2.05) is 0 Å². The van der Waals surface area contributed by atoms with E-state index < -0.39 is 29.9 Å². The molecule has 1 aromatic carbocycles. The molecule has 8 heteroatoms. The number of aliphatic hydroxyl groups excluding tert-OH is 2. The summed E-state index contributed by atoms with van der Waals surface area (Å²) in [7, 11) is 0. The van der Waals surface area contributed by atoms with Crippen LogP contribution in [0.25, 0.3) is 0 Å². The van der Waals surface area contributed by atoms with Gasteiger partial charge in [0.1, 0.15) is 11.5 Å². The monoisotopic (exact) mass is 314 g/mol. The Morgan fingerprint density at radius 3 is 1.59 bits per heavy atom. The van der Waals surface area contributed by atoms with E-state index in [9.17, 15) is 9.59 Å². The zero-order chi connectivity index (χ0) is 17.1. The maximum Gasteiger partial charge on any atom is 0.341 e. The third-order valence-electron chi connectivity index (χ3n) is 2.52. The number of cyclic esters (lactones) is 2. The summed E-state index contributed by atoms with van der Waals surface area (Å²) in [6, 6.07) is 4.46. The number of phenols is 2. The molecule has 2 unspecified atom stereocenters. The summed E-state index contributed by atoms with van der Waals surface area (Å²) in [5.74, 6) is -3.40. The van der Waals surface area contributed by atoms with Crippen LogP contribution in [0.5, 0.6) is 11.5 Å². The van der Waals surface area contributed by atoms with E-state index in [4.69, 9.17) is 20.4 Å². The highest BCUT2D eigenvalue weighted by atomic mass is 16.7. The van der Waals surface area contributed by atoms with Gasteiger partial charge in [0.05, 0.1) is 0 Å². The zero-order valence-corrected chi connectivity index (χ0v) is 12.3. The highest BCUT2D eigenvalue weighted by molar-refractivity contribution is 5.87. The summed E-state index contributed by atoms with van der Waals surface area (Å²) in [6.07, 6.45) is -3.76. The van der Waals surface area contributed by atoms with Gasteiger partial charge in [-0.3, -0.25) is 0 Å². The Morgan fingerprint density at radius 1 is 0.909 bits per heavy atom. The van der Waals surface area contributed by atoms with Crippen molar-refractivity contribution in [1.29, 1.82) is 0 Å². The van der Waals surface area contributed by atoms with E-state index in [1.165, 1.54) is 19.9 Å². The quantitative estimate of drug-likeness (QED) is 0.490. The van der Waals surface area contributed by atoms with Crippen LogP contribution in [-0.4, -0.2) is 50.4 Å². The van der Waals surface area contributed by atoms with Gasteiger partial charge in [0.15, 0.2) is 12.2 Å². The molecule has 1 aromatic rings. The van der Waals surface area contributed by atoms with Gasteiger partial charge >= 0.3 is 11.9 Å². The van der Waals surface area contributed by atoms with Gasteiger partial charge in [-0.25, -0.2) is 9.59 Å². The summed E-state index contributed by atoms with van der Waals surface area (Å²) < 4.78 is 9.12. The largest absolute Gasteiger partial charge is 0.508 e. The van der Waals surface area contributed by atoms with Crippen molar-refractivity contribution in [2.24, 2.45) is 0 Å². The highest BCUT2D eigenvalue weighted by Gasteiger charge is 2.43. The van der Waals surface area contributed by atoms with Crippen molar-refractivity contribution in [3.8, 4) is 11.5 Å². The third kappa shape index (κ3) is 4.90. The molecule has 0 aliphatic carbocycles. The molecule has 2 rings (SSSR count). The lowest BCUT2D eigenvalue weighted by Crippen LogP contribution is -2.38. The number of hydrogen-bond acceptors (Lipinski definition) is 8. The second kappa shape index (κ2) is 6.63. The first-order chi connectivity index (χ1) is 10.0. The molecular weight excluding hydrogens is 296 g/mol. The first-order valence-electron chi connectivity index (χ1n) is 6.33. The molecule has 2 atom stereocenters. The number of aliphatic hydroxyl groups is 2. The van der Waals surface area contributed by atoms with Crippen LogP contribution in [0.15, 0.2) is 18.2 Å².